The van der Waals surface area contributed by atoms with Crippen LogP contribution in [0.3, 0.4) is 0 Å². The summed E-state index contributed by atoms with van der Waals surface area (Å²) in [7, 11) is 0. The first-order valence-electron chi connectivity index (χ1n) is 7.19. The van der Waals surface area contributed by atoms with Crippen molar-refractivity contribution in [2.45, 2.75) is 13.3 Å². The number of anilines is 1. The normalized spacial score (nSPS) is 9.74. The van der Waals surface area contributed by atoms with E-state index in [9.17, 15) is 9.59 Å². The maximum Gasteiger partial charge on any atom is 0.243 e. The van der Waals surface area contributed by atoms with Crippen molar-refractivity contribution in [2.24, 2.45) is 0 Å². The van der Waals surface area contributed by atoms with Crippen molar-refractivity contribution in [1.82, 2.24) is 5.32 Å². The average molecular weight is 307 g/mol. The monoisotopic (exact) mass is 307 g/mol. The highest BCUT2D eigenvalue weighted by molar-refractivity contribution is 5.94. The standard InChI is InChI=1S/C18H17N3O2/c1-13-3-2-4-15(9-13)10-17(22)20-12-18(23)21-16-7-5-14(11-19)6-8-16/h2-9H,10,12H2,1H3,(H,20,22)(H,21,23). The molecule has 0 saturated heterocycles. The molecule has 5 heteroatoms. The molecular weight excluding hydrogens is 290 g/mol. The summed E-state index contributed by atoms with van der Waals surface area (Å²) in [5.74, 6) is -0.516. The molecule has 5 nitrogen and oxygen atoms in total. The molecule has 2 rings (SSSR count). The highest BCUT2D eigenvalue weighted by Crippen LogP contribution is 2.08. The summed E-state index contributed by atoms with van der Waals surface area (Å²) in [5.41, 5.74) is 3.11. The van der Waals surface area contributed by atoms with Gasteiger partial charge in [-0.1, -0.05) is 29.8 Å². The Morgan fingerprint density at radius 1 is 1.09 bits per heavy atom. The molecule has 116 valence electrons. The molecule has 0 aliphatic heterocycles. The zero-order valence-corrected chi connectivity index (χ0v) is 12.8. The van der Waals surface area contributed by atoms with Crippen LogP contribution in [0.25, 0.3) is 0 Å². The van der Waals surface area contributed by atoms with E-state index in [4.69, 9.17) is 5.26 Å². The quantitative estimate of drug-likeness (QED) is 0.888. The first-order valence-corrected chi connectivity index (χ1v) is 7.19. The van der Waals surface area contributed by atoms with Gasteiger partial charge in [0.2, 0.25) is 11.8 Å². The SMILES string of the molecule is Cc1cccc(CC(=O)NCC(=O)Nc2ccc(C#N)cc2)c1. The third kappa shape index (κ3) is 5.29. The molecular formula is C18H17N3O2. The van der Waals surface area contributed by atoms with Gasteiger partial charge in [-0.3, -0.25) is 9.59 Å². The predicted octanol–water partition coefficient (Wildman–Crippen LogP) is 2.16. The van der Waals surface area contributed by atoms with E-state index in [2.05, 4.69) is 10.6 Å². The van der Waals surface area contributed by atoms with Gasteiger partial charge in [0.25, 0.3) is 0 Å². The molecule has 0 aromatic heterocycles. The number of carbonyl (C=O) groups is 2. The second kappa shape index (κ2) is 7.76. The molecule has 0 unspecified atom stereocenters. The topological polar surface area (TPSA) is 82.0 Å². The molecule has 2 amide bonds. The highest BCUT2D eigenvalue weighted by atomic mass is 16.2. The van der Waals surface area contributed by atoms with E-state index >= 15 is 0 Å². The lowest BCUT2D eigenvalue weighted by molar-refractivity contribution is -0.123. The Bertz CT molecular complexity index is 746. The van der Waals surface area contributed by atoms with E-state index in [1.54, 1.807) is 24.3 Å². The molecule has 0 fully saturated rings. The predicted molar refractivity (Wildman–Crippen MR) is 87.7 cm³/mol. The Hall–Kier alpha value is -3.13. The summed E-state index contributed by atoms with van der Waals surface area (Å²) < 4.78 is 0. The van der Waals surface area contributed by atoms with Crippen molar-refractivity contribution in [3.63, 3.8) is 0 Å². The van der Waals surface area contributed by atoms with Gasteiger partial charge in [-0.05, 0) is 36.8 Å². The molecule has 2 aromatic carbocycles. The van der Waals surface area contributed by atoms with Gasteiger partial charge in [-0.15, -0.1) is 0 Å². The van der Waals surface area contributed by atoms with Gasteiger partial charge in [0.05, 0.1) is 24.6 Å². The number of hydrogen-bond donors (Lipinski definition) is 2. The minimum absolute atomic E-state index is 0.0926. The Balaban J connectivity index is 1.79. The van der Waals surface area contributed by atoms with Gasteiger partial charge in [-0.2, -0.15) is 5.26 Å². The fourth-order valence-electron chi connectivity index (χ4n) is 2.08. The first-order chi connectivity index (χ1) is 11.1. The molecule has 0 radical (unpaired) electrons. The molecule has 0 aliphatic carbocycles. The first kappa shape index (κ1) is 16.2. The highest BCUT2D eigenvalue weighted by Gasteiger charge is 2.07. The lowest BCUT2D eigenvalue weighted by Gasteiger charge is -2.07. The molecule has 0 heterocycles. The number of nitrogens with one attached hydrogen (secondary N) is 2. The van der Waals surface area contributed by atoms with Crippen LogP contribution in [0.1, 0.15) is 16.7 Å². The summed E-state index contributed by atoms with van der Waals surface area (Å²) in [6.45, 7) is 1.87. The van der Waals surface area contributed by atoms with Crippen molar-refractivity contribution in [2.75, 3.05) is 11.9 Å². The van der Waals surface area contributed by atoms with E-state index in [-0.39, 0.29) is 24.8 Å². The molecule has 0 atom stereocenters. The van der Waals surface area contributed by atoms with Gasteiger partial charge < -0.3 is 10.6 Å². The Labute approximate surface area is 134 Å². The van der Waals surface area contributed by atoms with Crippen LogP contribution in [-0.4, -0.2) is 18.4 Å². The van der Waals surface area contributed by atoms with Crippen molar-refractivity contribution in [1.29, 1.82) is 5.26 Å². The average Bonchev–Trinajstić information content (AvgIpc) is 2.54. The van der Waals surface area contributed by atoms with Crippen molar-refractivity contribution in [3.05, 3.63) is 65.2 Å². The van der Waals surface area contributed by atoms with Crippen LogP contribution in [0.4, 0.5) is 5.69 Å². The maximum atomic E-state index is 11.8. The molecule has 0 bridgehead atoms. The minimum atomic E-state index is -0.313. The van der Waals surface area contributed by atoms with Gasteiger partial charge in [0.15, 0.2) is 0 Å². The number of benzene rings is 2. The molecule has 23 heavy (non-hydrogen) atoms. The van der Waals surface area contributed by atoms with Crippen LogP contribution in [0.15, 0.2) is 48.5 Å². The van der Waals surface area contributed by atoms with Gasteiger partial charge in [-0.25, -0.2) is 0 Å². The Kier molecular flexibility index (Phi) is 5.48. The summed E-state index contributed by atoms with van der Waals surface area (Å²) in [5, 5.41) is 14.0. The molecule has 0 spiro atoms. The number of hydrogen-bond acceptors (Lipinski definition) is 3. The fourth-order valence-corrected chi connectivity index (χ4v) is 2.08. The maximum absolute atomic E-state index is 11.8. The van der Waals surface area contributed by atoms with Crippen LogP contribution >= 0.6 is 0 Å². The van der Waals surface area contributed by atoms with Crippen LogP contribution in [0.5, 0.6) is 0 Å². The Morgan fingerprint density at radius 2 is 1.83 bits per heavy atom. The minimum Gasteiger partial charge on any atom is -0.347 e. The van der Waals surface area contributed by atoms with Crippen LogP contribution < -0.4 is 10.6 Å². The van der Waals surface area contributed by atoms with Crippen molar-refractivity contribution >= 4 is 17.5 Å². The van der Waals surface area contributed by atoms with E-state index < -0.39 is 0 Å². The lowest BCUT2D eigenvalue weighted by atomic mass is 10.1. The molecule has 2 aromatic rings. The lowest BCUT2D eigenvalue weighted by Crippen LogP contribution is -2.33. The number of nitriles is 1. The van der Waals surface area contributed by atoms with Gasteiger partial charge >= 0.3 is 0 Å². The Morgan fingerprint density at radius 3 is 2.48 bits per heavy atom. The van der Waals surface area contributed by atoms with Crippen molar-refractivity contribution in [3.8, 4) is 6.07 Å². The smallest absolute Gasteiger partial charge is 0.243 e. The van der Waals surface area contributed by atoms with Crippen molar-refractivity contribution < 1.29 is 9.59 Å². The molecule has 0 saturated carbocycles. The van der Waals surface area contributed by atoms with Gasteiger partial charge in [0.1, 0.15) is 0 Å². The summed E-state index contributed by atoms with van der Waals surface area (Å²) >= 11 is 0. The second-order valence-corrected chi connectivity index (χ2v) is 5.18. The number of aryl methyl sites for hydroxylation is 1. The summed E-state index contributed by atoms with van der Waals surface area (Å²) in [4.78, 5) is 23.6. The summed E-state index contributed by atoms with van der Waals surface area (Å²) in [6, 6.07) is 16.2. The third-order valence-electron chi connectivity index (χ3n) is 3.19. The number of rotatable bonds is 5. The zero-order chi connectivity index (χ0) is 16.7. The molecule has 2 N–H and O–H groups in total. The van der Waals surface area contributed by atoms with Crippen LogP contribution in [0.2, 0.25) is 0 Å². The zero-order valence-electron chi connectivity index (χ0n) is 12.8. The van der Waals surface area contributed by atoms with E-state index in [1.165, 1.54) is 0 Å². The number of carbonyl (C=O) groups excluding carboxylic acids is 2. The van der Waals surface area contributed by atoms with Gasteiger partial charge in [0, 0.05) is 5.69 Å². The van der Waals surface area contributed by atoms with Crippen LogP contribution in [-0.2, 0) is 16.0 Å². The van der Waals surface area contributed by atoms with E-state index in [0.717, 1.165) is 11.1 Å². The van der Waals surface area contributed by atoms with E-state index in [0.29, 0.717) is 11.3 Å². The van der Waals surface area contributed by atoms with Crippen LogP contribution in [0, 0.1) is 18.3 Å². The number of nitrogens with zero attached hydrogens (tertiary/aromatic N) is 1. The summed E-state index contributed by atoms with van der Waals surface area (Å²) in [6.07, 6.45) is 0.242. The fraction of sp³-hybridized carbons (Fsp3) is 0.167. The molecule has 0 aliphatic rings. The third-order valence-corrected chi connectivity index (χ3v) is 3.19. The number of amides is 2. The second-order valence-electron chi connectivity index (χ2n) is 5.18. The van der Waals surface area contributed by atoms with E-state index in [1.807, 2.05) is 37.3 Å². The largest absolute Gasteiger partial charge is 0.347 e.